The fraction of sp³-hybridized carbons (Fsp3) is 0.200. The van der Waals surface area contributed by atoms with Gasteiger partial charge in [-0.3, -0.25) is 9.69 Å². The summed E-state index contributed by atoms with van der Waals surface area (Å²) in [7, 11) is 0. The first kappa shape index (κ1) is 21.0. The maximum atomic E-state index is 13.3. The standard InChI is InChI=1S/C25H23NO4S/c1-2-31-23-15-9-6-12-19(23)25(28)30-17-24(27)26-20-13-7-8-14-22(20)29-16-21(26)18-10-4-3-5-11-18/h3-15,21H,2,16-17H2,1H3. The van der Waals surface area contributed by atoms with E-state index in [0.29, 0.717) is 23.6 Å². The Kier molecular flexibility index (Phi) is 6.57. The topological polar surface area (TPSA) is 55.8 Å². The van der Waals surface area contributed by atoms with Crippen LogP contribution in [0.25, 0.3) is 0 Å². The predicted octanol–water partition coefficient (Wildman–Crippen LogP) is 5.12. The third kappa shape index (κ3) is 4.59. The Hall–Kier alpha value is -3.25. The number of nitrogens with zero attached hydrogens (tertiary/aromatic N) is 1. The largest absolute Gasteiger partial charge is 0.489 e. The zero-order chi connectivity index (χ0) is 21.6. The molecule has 0 saturated heterocycles. The van der Waals surface area contributed by atoms with Gasteiger partial charge >= 0.3 is 5.97 Å². The molecule has 31 heavy (non-hydrogen) atoms. The summed E-state index contributed by atoms with van der Waals surface area (Å²) in [6.07, 6.45) is 0. The molecule has 0 N–H and O–H groups in total. The van der Waals surface area contributed by atoms with Crippen molar-refractivity contribution < 1.29 is 19.1 Å². The number of hydrogen-bond donors (Lipinski definition) is 0. The molecule has 0 bridgehead atoms. The second kappa shape index (κ2) is 9.71. The molecule has 0 aromatic heterocycles. The zero-order valence-corrected chi connectivity index (χ0v) is 18.0. The van der Waals surface area contributed by atoms with Crippen LogP contribution < -0.4 is 9.64 Å². The number of hydrogen-bond acceptors (Lipinski definition) is 5. The average Bonchev–Trinajstić information content (AvgIpc) is 2.82. The molecule has 5 nitrogen and oxygen atoms in total. The van der Waals surface area contributed by atoms with Gasteiger partial charge in [0.15, 0.2) is 6.61 Å². The number of thioether (sulfide) groups is 1. The molecule has 158 valence electrons. The highest BCUT2D eigenvalue weighted by atomic mass is 32.2. The summed E-state index contributed by atoms with van der Waals surface area (Å²) in [5.41, 5.74) is 2.11. The number of carbonyl (C=O) groups is 2. The lowest BCUT2D eigenvalue weighted by Gasteiger charge is -2.37. The van der Waals surface area contributed by atoms with Crippen molar-refractivity contribution in [1.29, 1.82) is 0 Å². The van der Waals surface area contributed by atoms with Crippen LogP contribution in [-0.2, 0) is 9.53 Å². The molecule has 3 aromatic carbocycles. The van der Waals surface area contributed by atoms with Gasteiger partial charge in [-0.1, -0.05) is 61.5 Å². The highest BCUT2D eigenvalue weighted by Gasteiger charge is 2.33. The summed E-state index contributed by atoms with van der Waals surface area (Å²) < 4.78 is 11.3. The third-order valence-electron chi connectivity index (χ3n) is 5.02. The highest BCUT2D eigenvalue weighted by Crippen LogP contribution is 2.39. The van der Waals surface area contributed by atoms with E-state index in [1.165, 1.54) is 0 Å². The van der Waals surface area contributed by atoms with Crippen LogP contribution >= 0.6 is 11.8 Å². The van der Waals surface area contributed by atoms with Crippen LogP contribution in [0.4, 0.5) is 5.69 Å². The lowest BCUT2D eigenvalue weighted by molar-refractivity contribution is -0.122. The summed E-state index contributed by atoms with van der Waals surface area (Å²) >= 11 is 1.57. The van der Waals surface area contributed by atoms with Crippen molar-refractivity contribution in [2.45, 2.75) is 17.9 Å². The molecule has 1 aliphatic heterocycles. The number of rotatable bonds is 6. The summed E-state index contributed by atoms with van der Waals surface area (Å²) in [5, 5.41) is 0. The quantitative estimate of drug-likeness (QED) is 0.399. The van der Waals surface area contributed by atoms with Crippen LogP contribution in [0.2, 0.25) is 0 Å². The summed E-state index contributed by atoms with van der Waals surface area (Å²) in [6, 6.07) is 24.1. The molecule has 3 aromatic rings. The van der Waals surface area contributed by atoms with Gasteiger partial charge in [0.2, 0.25) is 0 Å². The number of ether oxygens (including phenoxy) is 2. The molecule has 1 amide bonds. The van der Waals surface area contributed by atoms with Gasteiger partial charge in [-0.2, -0.15) is 0 Å². The van der Waals surface area contributed by atoms with Crippen molar-refractivity contribution in [3.05, 3.63) is 90.0 Å². The van der Waals surface area contributed by atoms with Crippen molar-refractivity contribution in [2.24, 2.45) is 0 Å². The molecule has 0 saturated carbocycles. The normalized spacial score (nSPS) is 15.0. The Morgan fingerprint density at radius 2 is 1.71 bits per heavy atom. The molecule has 1 unspecified atom stereocenters. The molecular weight excluding hydrogens is 410 g/mol. The molecule has 1 heterocycles. The van der Waals surface area contributed by atoms with Crippen LogP contribution in [0.5, 0.6) is 5.75 Å². The smallest absolute Gasteiger partial charge is 0.339 e. The summed E-state index contributed by atoms with van der Waals surface area (Å²) in [4.78, 5) is 28.5. The van der Waals surface area contributed by atoms with E-state index in [9.17, 15) is 9.59 Å². The van der Waals surface area contributed by atoms with E-state index in [-0.39, 0.29) is 18.6 Å². The second-order valence-corrected chi connectivity index (χ2v) is 8.28. The van der Waals surface area contributed by atoms with Gasteiger partial charge in [0.1, 0.15) is 12.4 Å². The monoisotopic (exact) mass is 433 g/mol. The first-order valence-electron chi connectivity index (χ1n) is 10.2. The Labute approximate surface area is 186 Å². The van der Waals surface area contributed by atoms with Crippen LogP contribution in [-0.4, -0.2) is 30.8 Å². The predicted molar refractivity (Wildman–Crippen MR) is 122 cm³/mol. The first-order chi connectivity index (χ1) is 15.2. The van der Waals surface area contributed by atoms with Gasteiger partial charge in [0.25, 0.3) is 5.91 Å². The van der Waals surface area contributed by atoms with Gasteiger partial charge in [0.05, 0.1) is 17.3 Å². The SMILES string of the molecule is CCSc1ccccc1C(=O)OCC(=O)N1c2ccccc2OCC1c1ccccc1. The van der Waals surface area contributed by atoms with E-state index >= 15 is 0 Å². The Bertz CT molecular complexity index is 1070. The fourth-order valence-electron chi connectivity index (χ4n) is 3.61. The van der Waals surface area contributed by atoms with Crippen molar-refractivity contribution in [1.82, 2.24) is 0 Å². The van der Waals surface area contributed by atoms with Crippen LogP contribution in [0.1, 0.15) is 28.9 Å². The van der Waals surface area contributed by atoms with Crippen LogP contribution in [0.3, 0.4) is 0 Å². The summed E-state index contributed by atoms with van der Waals surface area (Å²) in [6.45, 7) is 2.01. The molecule has 0 radical (unpaired) electrons. The molecule has 1 atom stereocenters. The maximum Gasteiger partial charge on any atom is 0.339 e. The number of carbonyl (C=O) groups excluding carboxylic acids is 2. The van der Waals surface area contributed by atoms with Crippen LogP contribution in [0, 0.1) is 0 Å². The van der Waals surface area contributed by atoms with Gasteiger partial charge < -0.3 is 9.47 Å². The number of benzene rings is 3. The number of fused-ring (bicyclic) bond motifs is 1. The van der Waals surface area contributed by atoms with Crippen molar-refractivity contribution in [3.8, 4) is 5.75 Å². The second-order valence-electron chi connectivity index (χ2n) is 6.97. The van der Waals surface area contributed by atoms with E-state index in [0.717, 1.165) is 16.2 Å². The molecule has 6 heteroatoms. The Morgan fingerprint density at radius 1 is 1.00 bits per heavy atom. The number of amides is 1. The van der Waals surface area contributed by atoms with Gasteiger partial charge in [-0.25, -0.2) is 4.79 Å². The zero-order valence-electron chi connectivity index (χ0n) is 17.2. The fourth-order valence-corrected chi connectivity index (χ4v) is 4.40. The highest BCUT2D eigenvalue weighted by molar-refractivity contribution is 7.99. The minimum atomic E-state index is -0.497. The molecule has 0 fully saturated rings. The van der Waals surface area contributed by atoms with Gasteiger partial charge in [-0.05, 0) is 35.6 Å². The number of anilines is 1. The number of para-hydroxylation sites is 2. The molecule has 0 spiro atoms. The summed E-state index contributed by atoms with van der Waals surface area (Å²) in [5.74, 6) is 0.687. The molecule has 1 aliphatic rings. The van der Waals surface area contributed by atoms with Crippen molar-refractivity contribution in [3.63, 3.8) is 0 Å². The Morgan fingerprint density at radius 3 is 2.52 bits per heavy atom. The van der Waals surface area contributed by atoms with Crippen molar-refractivity contribution in [2.75, 3.05) is 23.9 Å². The molecule has 0 aliphatic carbocycles. The van der Waals surface area contributed by atoms with E-state index in [1.54, 1.807) is 28.8 Å². The minimum absolute atomic E-state index is 0.293. The van der Waals surface area contributed by atoms with Crippen LogP contribution in [0.15, 0.2) is 83.8 Å². The van der Waals surface area contributed by atoms with E-state index < -0.39 is 5.97 Å². The molecule has 4 rings (SSSR count). The van der Waals surface area contributed by atoms with E-state index in [2.05, 4.69) is 0 Å². The Balaban J connectivity index is 1.56. The van der Waals surface area contributed by atoms with E-state index in [1.807, 2.05) is 73.7 Å². The molecular formula is C25H23NO4S. The van der Waals surface area contributed by atoms with Gasteiger partial charge in [-0.15, -0.1) is 11.8 Å². The van der Waals surface area contributed by atoms with Crippen molar-refractivity contribution >= 4 is 29.3 Å². The minimum Gasteiger partial charge on any atom is -0.489 e. The average molecular weight is 434 g/mol. The van der Waals surface area contributed by atoms with E-state index in [4.69, 9.17) is 9.47 Å². The first-order valence-corrected chi connectivity index (χ1v) is 11.2. The number of esters is 1. The third-order valence-corrected chi connectivity index (χ3v) is 5.98. The lowest BCUT2D eigenvalue weighted by atomic mass is 10.0. The van der Waals surface area contributed by atoms with Gasteiger partial charge in [0, 0.05) is 4.90 Å². The lowest BCUT2D eigenvalue weighted by Crippen LogP contribution is -2.43. The maximum absolute atomic E-state index is 13.3.